The molecule has 0 saturated heterocycles. The summed E-state index contributed by atoms with van der Waals surface area (Å²) in [5, 5.41) is 1.43. The van der Waals surface area contributed by atoms with Crippen LogP contribution in [-0.4, -0.2) is 11.1 Å². The van der Waals surface area contributed by atoms with Crippen molar-refractivity contribution in [2.45, 2.75) is 13.0 Å². The van der Waals surface area contributed by atoms with Gasteiger partial charge in [-0.3, -0.25) is 0 Å². The van der Waals surface area contributed by atoms with Crippen molar-refractivity contribution in [1.29, 1.82) is 0 Å². The van der Waals surface area contributed by atoms with Crippen LogP contribution in [0.25, 0.3) is 10.9 Å². The van der Waals surface area contributed by atoms with Gasteiger partial charge in [0.2, 0.25) is 0 Å². The predicted molar refractivity (Wildman–Crippen MR) is 84.1 cm³/mol. The van der Waals surface area contributed by atoms with Gasteiger partial charge in [0.1, 0.15) is 0 Å². The lowest BCUT2D eigenvalue weighted by Crippen LogP contribution is -2.31. The molecule has 2 nitrogen and oxygen atoms in total. The molecule has 3 aromatic rings. The molecule has 20 heavy (non-hydrogen) atoms. The average molecular weight is 262 g/mol. The number of hydrogen-bond donors (Lipinski definition) is 0. The Bertz CT molecular complexity index is 756. The zero-order valence-corrected chi connectivity index (χ0v) is 11.7. The molecule has 0 fully saturated rings. The lowest BCUT2D eigenvalue weighted by Gasteiger charge is -2.30. The van der Waals surface area contributed by atoms with Gasteiger partial charge in [0, 0.05) is 35.9 Å². The number of rotatable bonds is 1. The quantitative estimate of drug-likeness (QED) is 0.648. The first-order valence-electron chi connectivity index (χ1n) is 7.20. The maximum absolute atomic E-state index is 2.47. The zero-order valence-electron chi connectivity index (χ0n) is 11.7. The van der Waals surface area contributed by atoms with Crippen molar-refractivity contribution >= 4 is 16.6 Å². The Balaban J connectivity index is 1.80. The van der Waals surface area contributed by atoms with Gasteiger partial charge in [-0.05, 0) is 30.2 Å². The summed E-state index contributed by atoms with van der Waals surface area (Å²) >= 11 is 0. The second-order valence-electron chi connectivity index (χ2n) is 5.51. The predicted octanol–water partition coefficient (Wildman–Crippen LogP) is 3.74. The third-order valence-corrected chi connectivity index (χ3v) is 4.44. The molecule has 0 atom stereocenters. The third kappa shape index (κ3) is 1.64. The van der Waals surface area contributed by atoms with Crippen molar-refractivity contribution in [3.63, 3.8) is 0 Å². The topological polar surface area (TPSA) is 8.17 Å². The van der Waals surface area contributed by atoms with Crippen LogP contribution in [0, 0.1) is 0 Å². The summed E-state index contributed by atoms with van der Waals surface area (Å²) in [5.74, 6) is 0. The molecule has 0 unspecified atom stereocenters. The van der Waals surface area contributed by atoms with Crippen molar-refractivity contribution < 1.29 is 0 Å². The van der Waals surface area contributed by atoms with Crippen molar-refractivity contribution in [3.8, 4) is 0 Å². The number of hydrogen-bond acceptors (Lipinski definition) is 1. The molecule has 0 aliphatic carbocycles. The molecule has 0 spiro atoms. The first kappa shape index (κ1) is 11.6. The maximum atomic E-state index is 2.47. The maximum Gasteiger partial charge on any atom is 0.0585 e. The Kier molecular flexibility index (Phi) is 2.56. The van der Waals surface area contributed by atoms with Gasteiger partial charge in [-0.15, -0.1) is 0 Å². The highest BCUT2D eigenvalue weighted by atomic mass is 15.2. The highest BCUT2D eigenvalue weighted by Gasteiger charge is 2.22. The number of benzene rings is 2. The van der Waals surface area contributed by atoms with Crippen molar-refractivity contribution in [2.75, 3.05) is 11.4 Å². The normalized spacial score (nSPS) is 14.6. The second kappa shape index (κ2) is 4.41. The first-order chi connectivity index (χ1) is 9.84. The van der Waals surface area contributed by atoms with Crippen LogP contribution in [0.15, 0.2) is 54.6 Å². The van der Waals surface area contributed by atoms with Crippen molar-refractivity contribution in [3.05, 3.63) is 65.9 Å². The number of aryl methyl sites for hydroxylation is 1. The molecule has 2 heterocycles. The summed E-state index contributed by atoms with van der Waals surface area (Å²) in [7, 11) is 2.19. The van der Waals surface area contributed by atoms with Crippen LogP contribution >= 0.6 is 0 Å². The fraction of sp³-hybridized carbons (Fsp3) is 0.222. The largest absolute Gasteiger partial charge is 0.365 e. The van der Waals surface area contributed by atoms with Gasteiger partial charge in [0.05, 0.1) is 6.54 Å². The Labute approximate surface area is 119 Å². The van der Waals surface area contributed by atoms with E-state index in [1.807, 2.05) is 0 Å². The van der Waals surface area contributed by atoms with Gasteiger partial charge in [-0.2, -0.15) is 0 Å². The number of nitrogens with zero attached hydrogens (tertiary/aromatic N) is 2. The van der Waals surface area contributed by atoms with Crippen LogP contribution in [0.3, 0.4) is 0 Å². The summed E-state index contributed by atoms with van der Waals surface area (Å²) in [5.41, 5.74) is 5.67. The zero-order chi connectivity index (χ0) is 13.5. The van der Waals surface area contributed by atoms with Gasteiger partial charge in [0.15, 0.2) is 0 Å². The molecule has 0 bridgehead atoms. The van der Waals surface area contributed by atoms with Crippen LogP contribution in [0.2, 0.25) is 0 Å². The van der Waals surface area contributed by atoms with E-state index < -0.39 is 0 Å². The molecule has 1 aliphatic rings. The molecular weight excluding hydrogens is 244 g/mol. The average Bonchev–Trinajstić information content (AvgIpc) is 2.81. The van der Waals surface area contributed by atoms with Crippen LogP contribution in [0.4, 0.5) is 5.69 Å². The highest BCUT2D eigenvalue weighted by molar-refractivity contribution is 5.86. The van der Waals surface area contributed by atoms with Crippen LogP contribution in [0.5, 0.6) is 0 Å². The Morgan fingerprint density at radius 1 is 0.900 bits per heavy atom. The van der Waals surface area contributed by atoms with Crippen LogP contribution in [-0.2, 0) is 20.0 Å². The molecule has 0 N–H and O–H groups in total. The molecule has 0 saturated carbocycles. The molecule has 2 heteroatoms. The molecule has 0 radical (unpaired) electrons. The van der Waals surface area contributed by atoms with Gasteiger partial charge in [0.25, 0.3) is 0 Å². The molecular formula is C18H18N2. The first-order valence-corrected chi connectivity index (χ1v) is 7.20. The molecule has 0 amide bonds. The van der Waals surface area contributed by atoms with Gasteiger partial charge >= 0.3 is 0 Å². The van der Waals surface area contributed by atoms with E-state index in [0.717, 1.165) is 19.5 Å². The van der Waals surface area contributed by atoms with Gasteiger partial charge in [-0.25, -0.2) is 0 Å². The molecule has 1 aromatic heterocycles. The van der Waals surface area contributed by atoms with Gasteiger partial charge in [-0.1, -0.05) is 36.4 Å². The summed E-state index contributed by atoms with van der Waals surface area (Å²) in [6, 6.07) is 19.5. The van der Waals surface area contributed by atoms with E-state index in [0.29, 0.717) is 0 Å². The van der Waals surface area contributed by atoms with Gasteiger partial charge < -0.3 is 9.47 Å². The van der Waals surface area contributed by atoms with E-state index in [9.17, 15) is 0 Å². The number of fused-ring (bicyclic) bond motifs is 3. The van der Waals surface area contributed by atoms with Crippen LogP contribution in [0.1, 0.15) is 11.3 Å². The SMILES string of the molecule is Cn1c2c(c3ccccc31)CCN(c1ccccc1)C2. The van der Waals surface area contributed by atoms with E-state index in [-0.39, 0.29) is 0 Å². The molecule has 1 aliphatic heterocycles. The second-order valence-corrected chi connectivity index (χ2v) is 5.51. The fourth-order valence-electron chi connectivity index (χ4n) is 3.37. The van der Waals surface area contributed by atoms with Crippen molar-refractivity contribution in [1.82, 2.24) is 4.57 Å². The summed E-state index contributed by atoms with van der Waals surface area (Å²) in [6.45, 7) is 2.11. The molecule has 4 rings (SSSR count). The molecule has 2 aromatic carbocycles. The number of aromatic nitrogens is 1. The minimum Gasteiger partial charge on any atom is -0.365 e. The lowest BCUT2D eigenvalue weighted by molar-refractivity contribution is 0.689. The van der Waals surface area contributed by atoms with E-state index in [1.54, 1.807) is 0 Å². The summed E-state index contributed by atoms with van der Waals surface area (Å²) in [6.07, 6.45) is 1.13. The minimum atomic E-state index is 1.00. The van der Waals surface area contributed by atoms with E-state index in [2.05, 4.69) is 71.1 Å². The third-order valence-electron chi connectivity index (χ3n) is 4.44. The smallest absolute Gasteiger partial charge is 0.0585 e. The van der Waals surface area contributed by atoms with Crippen LogP contribution < -0.4 is 4.90 Å². The summed E-state index contributed by atoms with van der Waals surface area (Å²) in [4.78, 5) is 2.47. The standard InChI is InChI=1S/C18H18N2/c1-19-17-10-6-5-9-15(17)16-11-12-20(13-18(16)19)14-7-3-2-4-8-14/h2-10H,11-13H2,1H3. The Hall–Kier alpha value is -2.22. The lowest BCUT2D eigenvalue weighted by atomic mass is 10.0. The Morgan fingerprint density at radius 3 is 2.50 bits per heavy atom. The fourth-order valence-corrected chi connectivity index (χ4v) is 3.37. The monoisotopic (exact) mass is 262 g/mol. The van der Waals surface area contributed by atoms with E-state index in [1.165, 1.54) is 27.8 Å². The van der Waals surface area contributed by atoms with Crippen molar-refractivity contribution in [2.24, 2.45) is 7.05 Å². The highest BCUT2D eigenvalue weighted by Crippen LogP contribution is 2.31. The molecule has 100 valence electrons. The summed E-state index contributed by atoms with van der Waals surface area (Å²) < 4.78 is 2.36. The number of para-hydroxylation sites is 2. The van der Waals surface area contributed by atoms with E-state index >= 15 is 0 Å². The minimum absolute atomic E-state index is 1.00. The Morgan fingerprint density at radius 2 is 1.65 bits per heavy atom. The van der Waals surface area contributed by atoms with E-state index in [4.69, 9.17) is 0 Å². The number of anilines is 1.